The highest BCUT2D eigenvalue weighted by Crippen LogP contribution is 2.40. The van der Waals surface area contributed by atoms with Crippen LogP contribution in [0.15, 0.2) is 52.9 Å². The second-order valence-corrected chi connectivity index (χ2v) is 10.7. The van der Waals surface area contributed by atoms with Gasteiger partial charge < -0.3 is 9.84 Å². The number of rotatable bonds is 6. The van der Waals surface area contributed by atoms with Gasteiger partial charge in [-0.3, -0.25) is 9.10 Å². The first-order valence-electron chi connectivity index (χ1n) is 11.5. The molecule has 1 N–H and O–H groups in total. The molecule has 6 nitrogen and oxygen atoms in total. The van der Waals surface area contributed by atoms with E-state index in [2.05, 4.69) is 0 Å². The molecule has 0 radical (unpaired) electrons. The number of allylic oxidation sites excluding steroid dienone is 1. The number of aliphatic carboxylic acids is 1. The van der Waals surface area contributed by atoms with Crippen molar-refractivity contribution in [2.45, 2.75) is 62.1 Å². The van der Waals surface area contributed by atoms with Gasteiger partial charge in [-0.25, -0.2) is 8.42 Å². The summed E-state index contributed by atoms with van der Waals surface area (Å²) in [6, 6.07) is 8.71. The van der Waals surface area contributed by atoms with Gasteiger partial charge in [-0.05, 0) is 68.0 Å². The molecule has 10 heteroatoms. The van der Waals surface area contributed by atoms with Crippen LogP contribution in [0.2, 0.25) is 0 Å². The molecule has 0 bridgehead atoms. The lowest BCUT2D eigenvalue weighted by molar-refractivity contribution is -0.138. The molecular formula is C25H26F3NO5S. The Labute approximate surface area is 202 Å². The summed E-state index contributed by atoms with van der Waals surface area (Å²) in [6.45, 7) is -0.209. The first-order valence-corrected chi connectivity index (χ1v) is 12.9. The smallest absolute Gasteiger partial charge is 0.416 e. The highest BCUT2D eigenvalue weighted by molar-refractivity contribution is 7.92. The zero-order chi connectivity index (χ0) is 25.2. The highest BCUT2D eigenvalue weighted by atomic mass is 32.2. The Bertz CT molecular complexity index is 1230. The molecule has 1 aliphatic carbocycles. The molecule has 0 aromatic heterocycles. The van der Waals surface area contributed by atoms with Gasteiger partial charge in [0.1, 0.15) is 11.9 Å². The largest absolute Gasteiger partial charge is 0.486 e. The van der Waals surface area contributed by atoms with Gasteiger partial charge in [0, 0.05) is 6.42 Å². The van der Waals surface area contributed by atoms with Gasteiger partial charge in [0.2, 0.25) is 0 Å². The zero-order valence-electron chi connectivity index (χ0n) is 18.9. The van der Waals surface area contributed by atoms with Crippen LogP contribution < -0.4 is 9.04 Å². The molecule has 0 saturated heterocycles. The van der Waals surface area contributed by atoms with Crippen molar-refractivity contribution in [2.75, 3.05) is 10.8 Å². The first kappa shape index (κ1) is 25.1. The summed E-state index contributed by atoms with van der Waals surface area (Å²) in [5.41, 5.74) is 1.20. The van der Waals surface area contributed by atoms with E-state index < -0.39 is 38.7 Å². The SMILES string of the molecule is O=C(O)CC[C@H]1CN(S(=O)(=O)c2cccc(C(F)(F)F)c2)c2cc(C=C3CCCCC3)ccc2O1. The topological polar surface area (TPSA) is 83.9 Å². The summed E-state index contributed by atoms with van der Waals surface area (Å²) in [7, 11) is -4.39. The Balaban J connectivity index is 1.75. The van der Waals surface area contributed by atoms with Crippen molar-refractivity contribution < 1.29 is 36.2 Å². The van der Waals surface area contributed by atoms with Crippen LogP contribution in [0.1, 0.15) is 56.1 Å². The molecule has 1 aliphatic heterocycles. The van der Waals surface area contributed by atoms with E-state index in [4.69, 9.17) is 9.84 Å². The number of hydrogen-bond acceptors (Lipinski definition) is 4. The summed E-state index contributed by atoms with van der Waals surface area (Å²) in [6.07, 6.45) is 1.69. The van der Waals surface area contributed by atoms with E-state index in [0.717, 1.165) is 53.8 Å². The lowest BCUT2D eigenvalue weighted by Crippen LogP contribution is -2.43. The average Bonchev–Trinajstić information content (AvgIpc) is 2.82. The number of sulfonamides is 1. The Morgan fingerprint density at radius 3 is 2.54 bits per heavy atom. The summed E-state index contributed by atoms with van der Waals surface area (Å²) < 4.78 is 73.9. The molecular weight excluding hydrogens is 483 g/mol. The average molecular weight is 510 g/mol. The van der Waals surface area contributed by atoms with Gasteiger partial charge in [0.25, 0.3) is 10.0 Å². The number of anilines is 1. The third-order valence-electron chi connectivity index (χ3n) is 6.21. The number of hydrogen-bond donors (Lipinski definition) is 1. The predicted molar refractivity (Wildman–Crippen MR) is 125 cm³/mol. The van der Waals surface area contributed by atoms with Gasteiger partial charge >= 0.3 is 12.1 Å². The molecule has 0 spiro atoms. The van der Waals surface area contributed by atoms with Crippen LogP contribution in [0, 0.1) is 0 Å². The van der Waals surface area contributed by atoms with Gasteiger partial charge in [-0.1, -0.05) is 30.2 Å². The minimum atomic E-state index is -4.70. The second kappa shape index (κ2) is 9.93. The summed E-state index contributed by atoms with van der Waals surface area (Å²) in [5, 5.41) is 9.04. The molecule has 2 aliphatic rings. The number of fused-ring (bicyclic) bond motifs is 1. The Hall–Kier alpha value is -3.01. The maximum Gasteiger partial charge on any atom is 0.416 e. The lowest BCUT2D eigenvalue weighted by Gasteiger charge is -2.35. The fraction of sp³-hybridized carbons (Fsp3) is 0.400. The summed E-state index contributed by atoms with van der Waals surface area (Å²) in [4.78, 5) is 10.6. The lowest BCUT2D eigenvalue weighted by atomic mass is 9.93. The maximum absolute atomic E-state index is 13.6. The quantitative estimate of drug-likeness (QED) is 0.526. The van der Waals surface area contributed by atoms with Crippen LogP contribution in [-0.2, 0) is 21.0 Å². The number of nitrogens with zero attached hydrogens (tertiary/aromatic N) is 1. The van der Waals surface area contributed by atoms with E-state index in [1.807, 2.05) is 6.08 Å². The van der Waals surface area contributed by atoms with Crippen LogP contribution in [0.25, 0.3) is 6.08 Å². The van der Waals surface area contributed by atoms with Crippen molar-refractivity contribution >= 4 is 27.8 Å². The van der Waals surface area contributed by atoms with Crippen LogP contribution in [0.5, 0.6) is 5.75 Å². The van der Waals surface area contributed by atoms with Crippen molar-refractivity contribution in [1.82, 2.24) is 0 Å². The van der Waals surface area contributed by atoms with E-state index in [0.29, 0.717) is 6.07 Å². The van der Waals surface area contributed by atoms with Gasteiger partial charge in [0.05, 0.1) is 22.7 Å². The van der Waals surface area contributed by atoms with Gasteiger partial charge in [0.15, 0.2) is 0 Å². The normalized spacial score (nSPS) is 18.5. The van der Waals surface area contributed by atoms with Crippen molar-refractivity contribution in [3.63, 3.8) is 0 Å². The van der Waals surface area contributed by atoms with Crippen LogP contribution in [-0.4, -0.2) is 32.1 Å². The van der Waals surface area contributed by atoms with E-state index in [1.165, 1.54) is 12.0 Å². The van der Waals surface area contributed by atoms with E-state index in [-0.39, 0.29) is 30.8 Å². The molecule has 2 aromatic rings. The fourth-order valence-corrected chi connectivity index (χ4v) is 5.97. The third kappa shape index (κ3) is 5.80. The molecule has 2 aromatic carbocycles. The molecule has 188 valence electrons. The second-order valence-electron chi connectivity index (χ2n) is 8.82. The first-order chi connectivity index (χ1) is 16.5. The van der Waals surface area contributed by atoms with Crippen molar-refractivity contribution in [3.05, 3.63) is 59.2 Å². The maximum atomic E-state index is 13.6. The number of halogens is 3. The Morgan fingerprint density at radius 1 is 1.11 bits per heavy atom. The number of benzene rings is 2. The molecule has 35 heavy (non-hydrogen) atoms. The van der Waals surface area contributed by atoms with Gasteiger partial charge in [-0.15, -0.1) is 0 Å². The van der Waals surface area contributed by atoms with Crippen LogP contribution in [0.4, 0.5) is 18.9 Å². The molecule has 4 rings (SSSR count). The Kier molecular flexibility index (Phi) is 7.12. The zero-order valence-corrected chi connectivity index (χ0v) is 19.7. The predicted octanol–water partition coefficient (Wildman–Crippen LogP) is 5.87. The molecule has 1 fully saturated rings. The molecule has 1 saturated carbocycles. The van der Waals surface area contributed by atoms with E-state index in [1.54, 1.807) is 18.2 Å². The van der Waals surface area contributed by atoms with E-state index in [9.17, 15) is 26.4 Å². The molecule has 1 atom stereocenters. The van der Waals surface area contributed by atoms with Crippen molar-refractivity contribution in [1.29, 1.82) is 0 Å². The number of carbonyl (C=O) groups is 1. The van der Waals surface area contributed by atoms with E-state index >= 15 is 0 Å². The highest BCUT2D eigenvalue weighted by Gasteiger charge is 2.37. The molecule has 0 amide bonds. The third-order valence-corrected chi connectivity index (χ3v) is 7.99. The number of carboxylic acid groups (broad SMARTS) is 1. The Morgan fingerprint density at radius 2 is 1.86 bits per heavy atom. The van der Waals surface area contributed by atoms with Crippen LogP contribution >= 0.6 is 0 Å². The minimum absolute atomic E-state index is 0.0508. The van der Waals surface area contributed by atoms with Crippen molar-refractivity contribution in [2.24, 2.45) is 0 Å². The fourth-order valence-electron chi connectivity index (χ4n) is 4.43. The molecule has 1 heterocycles. The van der Waals surface area contributed by atoms with Crippen LogP contribution in [0.3, 0.4) is 0 Å². The standard InChI is InChI=1S/C25H26F3NO5S/c26-25(27,28)19-7-4-8-21(15-19)35(32,33)29-16-20(10-12-24(30)31)34-23-11-9-18(14-22(23)29)13-17-5-2-1-3-6-17/h4,7-9,11,13-15,20H,1-3,5-6,10,12,16H2,(H,30,31)/t20-/m0/s1. The number of carboxylic acids is 1. The monoisotopic (exact) mass is 509 g/mol. The number of ether oxygens (including phenoxy) is 1. The van der Waals surface area contributed by atoms with Gasteiger partial charge in [-0.2, -0.15) is 13.2 Å². The molecule has 0 unspecified atom stereocenters. The number of alkyl halides is 3. The van der Waals surface area contributed by atoms with Crippen molar-refractivity contribution in [3.8, 4) is 5.75 Å². The summed E-state index contributed by atoms with van der Waals surface area (Å²) in [5.74, 6) is -0.811. The summed E-state index contributed by atoms with van der Waals surface area (Å²) >= 11 is 0. The minimum Gasteiger partial charge on any atom is -0.486 e.